The van der Waals surface area contributed by atoms with Gasteiger partial charge in [0.25, 0.3) is 0 Å². The fourth-order valence-corrected chi connectivity index (χ4v) is 1.84. The summed E-state index contributed by atoms with van der Waals surface area (Å²) in [5, 5.41) is 9.76. The summed E-state index contributed by atoms with van der Waals surface area (Å²) in [6, 6.07) is 2.74. The first kappa shape index (κ1) is 12.9. The summed E-state index contributed by atoms with van der Waals surface area (Å²) < 4.78 is 14.9. The molecule has 1 N–H and O–H groups in total. The van der Waals surface area contributed by atoms with Crippen LogP contribution in [0, 0.1) is 6.92 Å². The van der Waals surface area contributed by atoms with E-state index in [1.54, 1.807) is 0 Å². The van der Waals surface area contributed by atoms with Gasteiger partial charge in [-0.05, 0) is 6.92 Å². The van der Waals surface area contributed by atoms with Gasteiger partial charge in [-0.25, -0.2) is 4.79 Å². The summed E-state index contributed by atoms with van der Waals surface area (Å²) in [6.07, 6.45) is 0. The smallest absolute Gasteiger partial charge is 0.345 e. The summed E-state index contributed by atoms with van der Waals surface area (Å²) in [6.45, 7) is 1.48. The lowest BCUT2D eigenvalue weighted by atomic mass is 10.1. The molecule has 0 atom stereocenters. The van der Waals surface area contributed by atoms with Crippen molar-refractivity contribution < 1.29 is 23.8 Å². The molecule has 0 aliphatic heterocycles. The summed E-state index contributed by atoms with van der Waals surface area (Å²) in [7, 11) is 2.59. The average Bonchev–Trinajstić information content (AvgIpc) is 2.37. The number of carbonyl (C=O) groups excluding carboxylic acids is 1. The summed E-state index contributed by atoms with van der Waals surface area (Å²) in [5.74, 6) is -0.646. The normalized spacial score (nSPS) is 10.5. The zero-order valence-corrected chi connectivity index (χ0v) is 10.6. The van der Waals surface area contributed by atoms with Crippen molar-refractivity contribution in [2.75, 3.05) is 14.2 Å². The second kappa shape index (κ2) is 4.64. The first-order valence-corrected chi connectivity index (χ1v) is 5.42. The van der Waals surface area contributed by atoms with Crippen LogP contribution in [0.5, 0.6) is 11.5 Å². The Hall–Kier alpha value is -2.50. The van der Waals surface area contributed by atoms with Gasteiger partial charge in [-0.2, -0.15) is 0 Å². The largest absolute Gasteiger partial charge is 0.507 e. The number of aromatic hydroxyl groups is 1. The highest BCUT2D eigenvalue weighted by Gasteiger charge is 2.21. The highest BCUT2D eigenvalue weighted by Crippen LogP contribution is 2.29. The van der Waals surface area contributed by atoms with Gasteiger partial charge in [-0.1, -0.05) is 0 Å². The van der Waals surface area contributed by atoms with Crippen LogP contribution in [-0.4, -0.2) is 25.3 Å². The Labute approximate surface area is 108 Å². The molecule has 0 bridgehead atoms. The van der Waals surface area contributed by atoms with Crippen LogP contribution < -0.4 is 10.2 Å². The number of hydrogen-bond acceptors (Lipinski definition) is 6. The van der Waals surface area contributed by atoms with Gasteiger partial charge in [0.1, 0.15) is 33.8 Å². The molecule has 0 aliphatic carbocycles. The van der Waals surface area contributed by atoms with Crippen LogP contribution in [-0.2, 0) is 4.74 Å². The van der Waals surface area contributed by atoms with E-state index in [9.17, 15) is 14.7 Å². The van der Waals surface area contributed by atoms with E-state index >= 15 is 0 Å². The summed E-state index contributed by atoms with van der Waals surface area (Å²) in [5.41, 5.74) is -0.715. The molecule has 2 rings (SSSR count). The van der Waals surface area contributed by atoms with Gasteiger partial charge in [0.2, 0.25) is 5.43 Å². The van der Waals surface area contributed by atoms with Crippen molar-refractivity contribution in [2.24, 2.45) is 0 Å². The monoisotopic (exact) mass is 264 g/mol. The number of hydrogen-bond donors (Lipinski definition) is 1. The number of methoxy groups -OCH3 is 2. The maximum Gasteiger partial charge on any atom is 0.345 e. The van der Waals surface area contributed by atoms with Gasteiger partial charge < -0.3 is 19.0 Å². The summed E-state index contributed by atoms with van der Waals surface area (Å²) >= 11 is 0. The number of ether oxygens (including phenoxy) is 2. The van der Waals surface area contributed by atoms with E-state index in [0.717, 1.165) is 0 Å². The Balaban J connectivity index is 2.89. The molecule has 19 heavy (non-hydrogen) atoms. The molecule has 0 radical (unpaired) electrons. The van der Waals surface area contributed by atoms with E-state index in [-0.39, 0.29) is 28.0 Å². The van der Waals surface area contributed by atoms with E-state index in [2.05, 4.69) is 4.74 Å². The number of esters is 1. The molecule has 0 saturated carbocycles. The number of fused-ring (bicyclic) bond motifs is 1. The highest BCUT2D eigenvalue weighted by molar-refractivity contribution is 5.95. The molecule has 6 heteroatoms. The fraction of sp³-hybridized carbons (Fsp3) is 0.231. The van der Waals surface area contributed by atoms with Crippen molar-refractivity contribution >= 4 is 16.9 Å². The molecule has 1 aromatic heterocycles. The molecule has 100 valence electrons. The number of aryl methyl sites for hydroxylation is 1. The first-order chi connectivity index (χ1) is 8.99. The van der Waals surface area contributed by atoms with Crippen LogP contribution in [0.15, 0.2) is 21.3 Å². The van der Waals surface area contributed by atoms with Gasteiger partial charge in [-0.3, -0.25) is 4.79 Å². The molecular formula is C13H12O6. The quantitative estimate of drug-likeness (QED) is 0.829. The number of rotatable bonds is 2. The number of benzene rings is 1. The predicted molar refractivity (Wildman–Crippen MR) is 66.8 cm³/mol. The Morgan fingerprint density at radius 3 is 2.58 bits per heavy atom. The average molecular weight is 264 g/mol. The van der Waals surface area contributed by atoms with Crippen molar-refractivity contribution in [1.29, 1.82) is 0 Å². The molecule has 1 heterocycles. The Bertz CT molecular complexity index is 713. The number of phenolic OH excluding ortho intramolecular Hbond substituents is 1. The van der Waals surface area contributed by atoms with Crippen molar-refractivity contribution in [3.63, 3.8) is 0 Å². The Morgan fingerprint density at radius 1 is 1.32 bits per heavy atom. The van der Waals surface area contributed by atoms with Gasteiger partial charge in [0.15, 0.2) is 0 Å². The molecule has 0 fully saturated rings. The van der Waals surface area contributed by atoms with Gasteiger partial charge in [-0.15, -0.1) is 0 Å². The van der Waals surface area contributed by atoms with Crippen molar-refractivity contribution in [1.82, 2.24) is 0 Å². The van der Waals surface area contributed by atoms with Crippen molar-refractivity contribution in [2.45, 2.75) is 6.92 Å². The molecular weight excluding hydrogens is 252 g/mol. The molecule has 0 unspecified atom stereocenters. The van der Waals surface area contributed by atoms with Crippen LogP contribution in [0.2, 0.25) is 0 Å². The van der Waals surface area contributed by atoms with Crippen LogP contribution >= 0.6 is 0 Å². The lowest BCUT2D eigenvalue weighted by Gasteiger charge is -2.08. The van der Waals surface area contributed by atoms with Crippen LogP contribution in [0.3, 0.4) is 0 Å². The number of phenols is 1. The molecule has 0 saturated heterocycles. The minimum absolute atomic E-state index is 0.0770. The summed E-state index contributed by atoms with van der Waals surface area (Å²) in [4.78, 5) is 23.8. The lowest BCUT2D eigenvalue weighted by molar-refractivity contribution is 0.0595. The maximum absolute atomic E-state index is 12.2. The minimum atomic E-state index is -0.802. The molecule has 2 aromatic rings. The molecule has 0 spiro atoms. The third-order valence-electron chi connectivity index (χ3n) is 2.75. The Kier molecular flexibility index (Phi) is 3.16. The fourth-order valence-electron chi connectivity index (χ4n) is 1.84. The standard InChI is InChI=1S/C13H12O6/c1-6-10(13(16)18-3)12(15)11-8(14)4-7(17-2)5-9(11)19-6/h4-5,14H,1-3H3. The van der Waals surface area contributed by atoms with Crippen LogP contribution in [0.1, 0.15) is 16.1 Å². The molecule has 6 nitrogen and oxygen atoms in total. The molecule has 0 aliphatic rings. The second-order valence-electron chi connectivity index (χ2n) is 3.87. The molecule has 1 aromatic carbocycles. The Morgan fingerprint density at radius 2 is 2.00 bits per heavy atom. The third kappa shape index (κ3) is 2.01. The van der Waals surface area contributed by atoms with E-state index in [1.807, 2.05) is 0 Å². The first-order valence-electron chi connectivity index (χ1n) is 5.42. The van der Waals surface area contributed by atoms with Gasteiger partial charge in [0.05, 0.1) is 14.2 Å². The van der Waals surface area contributed by atoms with E-state index in [4.69, 9.17) is 9.15 Å². The number of carbonyl (C=O) groups is 1. The van der Waals surface area contributed by atoms with Crippen molar-refractivity contribution in [3.8, 4) is 11.5 Å². The van der Waals surface area contributed by atoms with Crippen LogP contribution in [0.4, 0.5) is 0 Å². The van der Waals surface area contributed by atoms with E-state index in [1.165, 1.54) is 33.3 Å². The zero-order valence-electron chi connectivity index (χ0n) is 10.6. The topological polar surface area (TPSA) is 86.0 Å². The van der Waals surface area contributed by atoms with E-state index < -0.39 is 11.4 Å². The zero-order chi connectivity index (χ0) is 14.2. The lowest BCUT2D eigenvalue weighted by Crippen LogP contribution is -2.18. The second-order valence-corrected chi connectivity index (χ2v) is 3.87. The van der Waals surface area contributed by atoms with Crippen LogP contribution in [0.25, 0.3) is 11.0 Å². The highest BCUT2D eigenvalue weighted by atomic mass is 16.5. The predicted octanol–water partition coefficient (Wildman–Crippen LogP) is 1.60. The maximum atomic E-state index is 12.2. The van der Waals surface area contributed by atoms with E-state index in [0.29, 0.717) is 5.75 Å². The minimum Gasteiger partial charge on any atom is -0.507 e. The SMILES string of the molecule is COC(=O)c1c(C)oc2cc(OC)cc(O)c2c1=O. The van der Waals surface area contributed by atoms with Gasteiger partial charge in [0, 0.05) is 12.1 Å². The van der Waals surface area contributed by atoms with Crippen molar-refractivity contribution in [3.05, 3.63) is 33.7 Å². The van der Waals surface area contributed by atoms with Gasteiger partial charge >= 0.3 is 5.97 Å². The third-order valence-corrected chi connectivity index (χ3v) is 2.75. The molecule has 0 amide bonds.